The predicted octanol–water partition coefficient (Wildman–Crippen LogP) is 3.72. The van der Waals surface area contributed by atoms with Crippen LogP contribution in [0.5, 0.6) is 0 Å². The standard InChI is InChI=1S/C13H17ClN4S/c1-4-11-17-12(15-3)8(2)13(18-11)16-7-9-5-6-10(14)19-9/h5-6H,4,7H2,1-3H3,(H2,15,16,17,18). The summed E-state index contributed by atoms with van der Waals surface area (Å²) in [6, 6.07) is 3.93. The van der Waals surface area contributed by atoms with Gasteiger partial charge in [-0.3, -0.25) is 0 Å². The van der Waals surface area contributed by atoms with Gasteiger partial charge in [0.05, 0.1) is 10.9 Å². The van der Waals surface area contributed by atoms with Crippen molar-refractivity contribution in [3.63, 3.8) is 0 Å². The number of rotatable bonds is 5. The van der Waals surface area contributed by atoms with E-state index in [1.165, 1.54) is 4.88 Å². The lowest BCUT2D eigenvalue weighted by Crippen LogP contribution is -2.09. The highest BCUT2D eigenvalue weighted by atomic mass is 35.5. The third-order valence-electron chi connectivity index (χ3n) is 2.80. The first kappa shape index (κ1) is 14.1. The van der Waals surface area contributed by atoms with Crippen LogP contribution in [0.25, 0.3) is 0 Å². The van der Waals surface area contributed by atoms with Crippen molar-refractivity contribution in [2.24, 2.45) is 0 Å². The lowest BCUT2D eigenvalue weighted by atomic mass is 10.3. The number of aryl methyl sites for hydroxylation is 1. The van der Waals surface area contributed by atoms with Crippen LogP contribution in [0.4, 0.5) is 11.6 Å². The summed E-state index contributed by atoms with van der Waals surface area (Å²) in [5.74, 6) is 2.58. The smallest absolute Gasteiger partial charge is 0.135 e. The van der Waals surface area contributed by atoms with Crippen molar-refractivity contribution in [3.8, 4) is 0 Å². The molecule has 0 amide bonds. The van der Waals surface area contributed by atoms with Gasteiger partial charge in [0.2, 0.25) is 0 Å². The Balaban J connectivity index is 2.19. The molecule has 2 heterocycles. The highest BCUT2D eigenvalue weighted by Gasteiger charge is 2.09. The van der Waals surface area contributed by atoms with E-state index >= 15 is 0 Å². The summed E-state index contributed by atoms with van der Waals surface area (Å²) in [5.41, 5.74) is 1.03. The quantitative estimate of drug-likeness (QED) is 0.883. The number of nitrogens with one attached hydrogen (secondary N) is 2. The Bertz CT molecular complexity index is 568. The Kier molecular flexibility index (Phi) is 4.61. The normalized spacial score (nSPS) is 10.5. The van der Waals surface area contributed by atoms with Gasteiger partial charge in [0.25, 0.3) is 0 Å². The van der Waals surface area contributed by atoms with Crippen LogP contribution < -0.4 is 10.6 Å². The Labute approximate surface area is 122 Å². The minimum absolute atomic E-state index is 0.724. The Morgan fingerprint density at radius 2 is 2.00 bits per heavy atom. The number of thiophene rings is 1. The largest absolute Gasteiger partial charge is 0.373 e. The van der Waals surface area contributed by atoms with Crippen LogP contribution in [0.15, 0.2) is 12.1 Å². The third-order valence-corrected chi connectivity index (χ3v) is 4.04. The molecule has 2 aromatic heterocycles. The van der Waals surface area contributed by atoms with Gasteiger partial charge < -0.3 is 10.6 Å². The summed E-state index contributed by atoms with van der Waals surface area (Å²) >= 11 is 7.50. The molecule has 2 rings (SSSR count). The Morgan fingerprint density at radius 1 is 1.26 bits per heavy atom. The first-order chi connectivity index (χ1) is 9.13. The van der Waals surface area contributed by atoms with Crippen molar-refractivity contribution < 1.29 is 0 Å². The summed E-state index contributed by atoms with van der Waals surface area (Å²) in [7, 11) is 1.87. The van der Waals surface area contributed by atoms with Crippen LogP contribution in [0.1, 0.15) is 23.2 Å². The average molecular weight is 297 g/mol. The van der Waals surface area contributed by atoms with Crippen molar-refractivity contribution in [1.29, 1.82) is 0 Å². The maximum atomic E-state index is 5.92. The molecule has 2 aromatic rings. The van der Waals surface area contributed by atoms with Crippen molar-refractivity contribution in [3.05, 3.63) is 32.7 Å². The molecule has 4 nitrogen and oxygen atoms in total. The van der Waals surface area contributed by atoms with E-state index in [9.17, 15) is 0 Å². The van der Waals surface area contributed by atoms with Gasteiger partial charge in [-0.05, 0) is 19.1 Å². The van der Waals surface area contributed by atoms with Crippen LogP contribution in [0.2, 0.25) is 4.34 Å². The molecule has 0 fully saturated rings. The van der Waals surface area contributed by atoms with Crippen molar-refractivity contribution in [1.82, 2.24) is 9.97 Å². The second-order valence-corrected chi connectivity index (χ2v) is 5.92. The number of halogens is 1. The Morgan fingerprint density at radius 3 is 2.58 bits per heavy atom. The van der Waals surface area contributed by atoms with Crippen molar-refractivity contribution in [2.45, 2.75) is 26.8 Å². The van der Waals surface area contributed by atoms with Gasteiger partial charge in [0, 0.05) is 23.9 Å². The molecule has 102 valence electrons. The SMILES string of the molecule is CCc1nc(NC)c(C)c(NCc2ccc(Cl)s2)n1. The molecule has 0 aromatic carbocycles. The lowest BCUT2D eigenvalue weighted by Gasteiger charge is -2.12. The topological polar surface area (TPSA) is 49.8 Å². The molecule has 6 heteroatoms. The molecule has 0 aliphatic carbocycles. The number of nitrogens with zero attached hydrogens (tertiary/aromatic N) is 2. The van der Waals surface area contributed by atoms with E-state index in [2.05, 4.69) is 20.6 Å². The number of hydrogen-bond donors (Lipinski definition) is 2. The Hall–Kier alpha value is -1.33. The van der Waals surface area contributed by atoms with E-state index in [0.29, 0.717) is 0 Å². The number of aromatic nitrogens is 2. The fraction of sp³-hybridized carbons (Fsp3) is 0.385. The van der Waals surface area contributed by atoms with Crippen LogP contribution >= 0.6 is 22.9 Å². The molecular formula is C13H17ClN4S. The monoisotopic (exact) mass is 296 g/mol. The maximum absolute atomic E-state index is 5.92. The molecule has 0 saturated heterocycles. The van der Waals surface area contributed by atoms with Gasteiger partial charge in [0.1, 0.15) is 17.5 Å². The highest BCUT2D eigenvalue weighted by molar-refractivity contribution is 7.16. The van der Waals surface area contributed by atoms with Gasteiger partial charge in [-0.2, -0.15) is 0 Å². The van der Waals surface area contributed by atoms with Crippen molar-refractivity contribution in [2.75, 3.05) is 17.7 Å². The van der Waals surface area contributed by atoms with Crippen LogP contribution in [0.3, 0.4) is 0 Å². The minimum atomic E-state index is 0.724. The van der Waals surface area contributed by atoms with Gasteiger partial charge in [-0.25, -0.2) is 9.97 Å². The van der Waals surface area contributed by atoms with Gasteiger partial charge in [-0.1, -0.05) is 18.5 Å². The lowest BCUT2D eigenvalue weighted by molar-refractivity contribution is 0.926. The zero-order valence-electron chi connectivity index (χ0n) is 11.2. The molecule has 0 bridgehead atoms. The number of hydrogen-bond acceptors (Lipinski definition) is 5. The fourth-order valence-corrected chi connectivity index (χ4v) is 2.78. The molecular weight excluding hydrogens is 280 g/mol. The predicted molar refractivity (Wildman–Crippen MR) is 82.3 cm³/mol. The van der Waals surface area contributed by atoms with Crippen LogP contribution in [-0.4, -0.2) is 17.0 Å². The maximum Gasteiger partial charge on any atom is 0.135 e. The summed E-state index contributed by atoms with van der Waals surface area (Å²) in [6.45, 7) is 4.78. The summed E-state index contributed by atoms with van der Waals surface area (Å²) < 4.78 is 0.807. The molecule has 0 aliphatic heterocycles. The summed E-state index contributed by atoms with van der Waals surface area (Å²) in [6.07, 6.45) is 0.814. The zero-order valence-corrected chi connectivity index (χ0v) is 12.8. The number of anilines is 2. The second-order valence-electron chi connectivity index (χ2n) is 4.12. The first-order valence-electron chi connectivity index (χ1n) is 6.17. The molecule has 0 spiro atoms. The second kappa shape index (κ2) is 6.21. The third kappa shape index (κ3) is 3.36. The van der Waals surface area contributed by atoms with E-state index in [1.54, 1.807) is 11.3 Å². The van der Waals surface area contributed by atoms with Gasteiger partial charge >= 0.3 is 0 Å². The van der Waals surface area contributed by atoms with Crippen molar-refractivity contribution >= 4 is 34.6 Å². The van der Waals surface area contributed by atoms with Crippen LogP contribution in [0, 0.1) is 6.92 Å². The summed E-state index contributed by atoms with van der Waals surface area (Å²) in [5, 5.41) is 6.46. The first-order valence-corrected chi connectivity index (χ1v) is 7.36. The molecule has 19 heavy (non-hydrogen) atoms. The molecule has 2 N–H and O–H groups in total. The van der Waals surface area contributed by atoms with E-state index < -0.39 is 0 Å². The molecule has 0 unspecified atom stereocenters. The molecule has 0 atom stereocenters. The summed E-state index contributed by atoms with van der Waals surface area (Å²) in [4.78, 5) is 10.2. The fourth-order valence-electron chi connectivity index (χ4n) is 1.75. The molecule has 0 radical (unpaired) electrons. The van der Waals surface area contributed by atoms with E-state index in [4.69, 9.17) is 11.6 Å². The minimum Gasteiger partial charge on any atom is -0.373 e. The van der Waals surface area contributed by atoms with Gasteiger partial charge in [0.15, 0.2) is 0 Å². The van der Waals surface area contributed by atoms with E-state index in [-0.39, 0.29) is 0 Å². The van der Waals surface area contributed by atoms with Crippen LogP contribution in [-0.2, 0) is 13.0 Å². The molecule has 0 saturated carbocycles. The zero-order chi connectivity index (χ0) is 13.8. The average Bonchev–Trinajstić information content (AvgIpc) is 2.83. The molecule has 0 aliphatic rings. The highest BCUT2D eigenvalue weighted by Crippen LogP contribution is 2.24. The van der Waals surface area contributed by atoms with E-state index in [0.717, 1.165) is 40.3 Å². The van der Waals surface area contributed by atoms with Gasteiger partial charge in [-0.15, -0.1) is 11.3 Å². The van der Waals surface area contributed by atoms with E-state index in [1.807, 2.05) is 33.0 Å².